The molecule has 0 atom stereocenters. The molecule has 0 spiro atoms. The second-order valence-corrected chi connectivity index (χ2v) is 3.36. The van der Waals surface area contributed by atoms with Gasteiger partial charge in [-0.15, -0.1) is 0 Å². The van der Waals surface area contributed by atoms with Gasteiger partial charge < -0.3 is 5.11 Å². The van der Waals surface area contributed by atoms with E-state index >= 15 is 0 Å². The standard InChI is InChI=1S/C11H9N3O2/c12-6-8-2-1-3-10-9(8)7-13-14(10)5-4-11(15)16/h1-3,7H,4-5H2,(H,15,16). The molecule has 5 heteroatoms. The van der Waals surface area contributed by atoms with Crippen molar-refractivity contribution in [1.82, 2.24) is 9.78 Å². The summed E-state index contributed by atoms with van der Waals surface area (Å²) in [6.07, 6.45) is 1.61. The summed E-state index contributed by atoms with van der Waals surface area (Å²) in [5.74, 6) is -0.861. The van der Waals surface area contributed by atoms with Crippen molar-refractivity contribution in [1.29, 1.82) is 5.26 Å². The van der Waals surface area contributed by atoms with Crippen molar-refractivity contribution in [2.45, 2.75) is 13.0 Å². The Bertz CT molecular complexity index is 580. The van der Waals surface area contributed by atoms with Gasteiger partial charge in [0.2, 0.25) is 0 Å². The number of aliphatic carboxylic acids is 1. The SMILES string of the molecule is N#Cc1cccc2c1cnn2CCC(=O)O. The fraction of sp³-hybridized carbons (Fsp3) is 0.182. The summed E-state index contributed by atoms with van der Waals surface area (Å²) in [6, 6.07) is 7.38. The zero-order valence-corrected chi connectivity index (χ0v) is 8.42. The van der Waals surface area contributed by atoms with Crippen molar-refractivity contribution >= 4 is 16.9 Å². The van der Waals surface area contributed by atoms with Gasteiger partial charge in [-0.1, -0.05) is 6.07 Å². The molecule has 1 aromatic heterocycles. The highest BCUT2D eigenvalue weighted by Gasteiger charge is 2.07. The van der Waals surface area contributed by atoms with Crippen molar-refractivity contribution in [3.8, 4) is 6.07 Å². The zero-order chi connectivity index (χ0) is 11.5. The average molecular weight is 215 g/mol. The molecule has 1 heterocycles. The summed E-state index contributed by atoms with van der Waals surface area (Å²) in [6.45, 7) is 0.313. The molecular weight excluding hydrogens is 206 g/mol. The van der Waals surface area contributed by atoms with E-state index in [1.807, 2.05) is 6.07 Å². The number of fused-ring (bicyclic) bond motifs is 1. The first-order chi connectivity index (χ1) is 7.72. The van der Waals surface area contributed by atoms with Crippen LogP contribution in [0.3, 0.4) is 0 Å². The van der Waals surface area contributed by atoms with E-state index in [2.05, 4.69) is 11.2 Å². The number of aryl methyl sites for hydroxylation is 1. The minimum Gasteiger partial charge on any atom is -0.481 e. The van der Waals surface area contributed by atoms with Gasteiger partial charge in [-0.2, -0.15) is 10.4 Å². The lowest BCUT2D eigenvalue weighted by Crippen LogP contribution is -2.05. The van der Waals surface area contributed by atoms with E-state index in [9.17, 15) is 4.79 Å². The van der Waals surface area contributed by atoms with Crippen molar-refractivity contribution in [2.24, 2.45) is 0 Å². The van der Waals surface area contributed by atoms with Gasteiger partial charge in [0.15, 0.2) is 0 Å². The van der Waals surface area contributed by atoms with Crippen molar-refractivity contribution in [3.63, 3.8) is 0 Å². The van der Waals surface area contributed by atoms with E-state index in [4.69, 9.17) is 10.4 Å². The number of nitrogens with zero attached hydrogens (tertiary/aromatic N) is 3. The molecule has 0 fully saturated rings. The molecule has 0 radical (unpaired) electrons. The van der Waals surface area contributed by atoms with Crippen LogP contribution < -0.4 is 0 Å². The Balaban J connectivity index is 2.42. The fourth-order valence-corrected chi connectivity index (χ4v) is 1.58. The molecule has 1 aromatic carbocycles. The minimum atomic E-state index is -0.861. The number of carboxylic acid groups (broad SMARTS) is 1. The molecule has 2 aromatic rings. The highest BCUT2D eigenvalue weighted by atomic mass is 16.4. The van der Waals surface area contributed by atoms with Crippen LogP contribution in [0.2, 0.25) is 0 Å². The van der Waals surface area contributed by atoms with Crippen molar-refractivity contribution < 1.29 is 9.90 Å². The zero-order valence-electron chi connectivity index (χ0n) is 8.42. The Morgan fingerprint density at radius 2 is 2.38 bits per heavy atom. The van der Waals surface area contributed by atoms with Crippen LogP contribution in [0.15, 0.2) is 24.4 Å². The first-order valence-electron chi connectivity index (χ1n) is 4.79. The maximum Gasteiger partial charge on any atom is 0.305 e. The average Bonchev–Trinajstić information content (AvgIpc) is 2.69. The van der Waals surface area contributed by atoms with Crippen LogP contribution in [0.25, 0.3) is 10.9 Å². The van der Waals surface area contributed by atoms with Crippen molar-refractivity contribution in [3.05, 3.63) is 30.0 Å². The number of aromatic nitrogens is 2. The molecule has 0 unspecified atom stereocenters. The van der Waals surface area contributed by atoms with Gasteiger partial charge in [-0.3, -0.25) is 9.48 Å². The van der Waals surface area contributed by atoms with Crippen LogP contribution in [-0.2, 0) is 11.3 Å². The van der Waals surface area contributed by atoms with Gasteiger partial charge in [0, 0.05) is 5.39 Å². The Hall–Kier alpha value is -2.35. The summed E-state index contributed by atoms with van der Waals surface area (Å²) >= 11 is 0. The molecule has 0 bridgehead atoms. The first kappa shape index (κ1) is 10.2. The minimum absolute atomic E-state index is 0.0214. The third kappa shape index (κ3) is 1.73. The van der Waals surface area contributed by atoms with Gasteiger partial charge in [0.05, 0.1) is 36.3 Å². The van der Waals surface area contributed by atoms with E-state index in [0.717, 1.165) is 10.9 Å². The molecule has 0 saturated heterocycles. The summed E-state index contributed by atoms with van der Waals surface area (Å²) in [5.41, 5.74) is 1.35. The smallest absolute Gasteiger partial charge is 0.305 e. The number of nitriles is 1. The fourth-order valence-electron chi connectivity index (χ4n) is 1.58. The molecule has 0 aliphatic carbocycles. The first-order valence-corrected chi connectivity index (χ1v) is 4.79. The van der Waals surface area contributed by atoms with Crippen LogP contribution >= 0.6 is 0 Å². The summed E-state index contributed by atoms with van der Waals surface area (Å²) in [4.78, 5) is 10.5. The maximum atomic E-state index is 10.5. The maximum absolute atomic E-state index is 10.5. The van der Waals surface area contributed by atoms with Crippen LogP contribution in [-0.4, -0.2) is 20.9 Å². The van der Waals surface area contributed by atoms with E-state index < -0.39 is 5.97 Å². The van der Waals surface area contributed by atoms with Gasteiger partial charge in [-0.05, 0) is 12.1 Å². The Kier molecular flexibility index (Phi) is 2.56. The predicted octanol–water partition coefficient (Wildman–Crippen LogP) is 1.38. The van der Waals surface area contributed by atoms with Crippen LogP contribution in [0.4, 0.5) is 0 Å². The van der Waals surface area contributed by atoms with Gasteiger partial charge in [0.1, 0.15) is 0 Å². The molecular formula is C11H9N3O2. The molecule has 2 rings (SSSR count). The third-order valence-corrected chi connectivity index (χ3v) is 2.35. The molecule has 0 aliphatic rings. The second kappa shape index (κ2) is 4.03. The van der Waals surface area contributed by atoms with Crippen molar-refractivity contribution in [2.75, 3.05) is 0 Å². The lowest BCUT2D eigenvalue weighted by atomic mass is 10.1. The normalized spacial score (nSPS) is 10.2. The van der Waals surface area contributed by atoms with Crippen LogP contribution in [0.5, 0.6) is 0 Å². The molecule has 0 aliphatic heterocycles. The van der Waals surface area contributed by atoms with E-state index in [0.29, 0.717) is 12.1 Å². The number of hydrogen-bond acceptors (Lipinski definition) is 3. The molecule has 16 heavy (non-hydrogen) atoms. The number of carboxylic acids is 1. The quantitative estimate of drug-likeness (QED) is 0.838. The van der Waals surface area contributed by atoms with Gasteiger partial charge in [-0.25, -0.2) is 0 Å². The molecule has 0 saturated carbocycles. The third-order valence-electron chi connectivity index (χ3n) is 2.35. The highest BCUT2D eigenvalue weighted by Crippen LogP contribution is 2.17. The summed E-state index contributed by atoms with van der Waals surface area (Å²) in [5, 5.41) is 22.3. The topological polar surface area (TPSA) is 78.9 Å². The Morgan fingerprint density at radius 3 is 3.06 bits per heavy atom. The Morgan fingerprint density at radius 1 is 1.56 bits per heavy atom. The number of benzene rings is 1. The van der Waals surface area contributed by atoms with Gasteiger partial charge >= 0.3 is 5.97 Å². The monoisotopic (exact) mass is 215 g/mol. The van der Waals surface area contributed by atoms with E-state index in [-0.39, 0.29) is 6.42 Å². The van der Waals surface area contributed by atoms with Gasteiger partial charge in [0.25, 0.3) is 0 Å². The number of carbonyl (C=O) groups is 1. The van der Waals surface area contributed by atoms with E-state index in [1.54, 1.807) is 23.0 Å². The summed E-state index contributed by atoms with van der Waals surface area (Å²) < 4.78 is 1.60. The molecule has 5 nitrogen and oxygen atoms in total. The summed E-state index contributed by atoms with van der Waals surface area (Å²) in [7, 11) is 0. The highest BCUT2D eigenvalue weighted by molar-refractivity contribution is 5.84. The molecule has 1 N–H and O–H groups in total. The predicted molar refractivity (Wildman–Crippen MR) is 56.7 cm³/mol. The second-order valence-electron chi connectivity index (χ2n) is 3.36. The Labute approximate surface area is 91.5 Å². The molecule has 0 amide bonds. The van der Waals surface area contributed by atoms with Crippen LogP contribution in [0.1, 0.15) is 12.0 Å². The largest absolute Gasteiger partial charge is 0.481 e. The van der Waals surface area contributed by atoms with E-state index in [1.165, 1.54) is 0 Å². The lowest BCUT2D eigenvalue weighted by Gasteiger charge is -2.00. The number of rotatable bonds is 3. The lowest BCUT2D eigenvalue weighted by molar-refractivity contribution is -0.137. The molecule has 80 valence electrons. The number of hydrogen-bond donors (Lipinski definition) is 1. The van der Waals surface area contributed by atoms with Crippen LogP contribution in [0, 0.1) is 11.3 Å².